The molecule has 3 aromatic rings. The van der Waals surface area contributed by atoms with Crippen molar-refractivity contribution in [1.29, 1.82) is 0 Å². The molecule has 4 rings (SSSR count). The van der Waals surface area contributed by atoms with Crippen molar-refractivity contribution >= 4 is 28.1 Å². The number of nitrogens with zero attached hydrogens (tertiary/aromatic N) is 1. The van der Waals surface area contributed by atoms with Crippen LogP contribution < -0.4 is 0 Å². The summed E-state index contributed by atoms with van der Waals surface area (Å²) in [4.78, 5) is 11.0. The average molecular weight is 263 g/mol. The van der Waals surface area contributed by atoms with Gasteiger partial charge in [0.1, 0.15) is 6.29 Å². The summed E-state index contributed by atoms with van der Waals surface area (Å²) in [6.45, 7) is 1.10. The van der Waals surface area contributed by atoms with Gasteiger partial charge in [0, 0.05) is 33.9 Å². The maximum absolute atomic E-state index is 11.0. The van der Waals surface area contributed by atoms with Gasteiger partial charge in [-0.2, -0.15) is 0 Å². The number of carbonyl (C=O) groups excluding carboxylic acids is 1. The van der Waals surface area contributed by atoms with Crippen LogP contribution in [0.4, 0.5) is 0 Å². The van der Waals surface area contributed by atoms with Gasteiger partial charge < -0.3 is 4.57 Å². The third-order valence-corrected chi connectivity index (χ3v) is 4.60. The molecule has 1 aliphatic rings. The maximum Gasteiger partial charge on any atom is 0.150 e. The van der Waals surface area contributed by atoms with Crippen LogP contribution in [-0.4, -0.2) is 10.9 Å². The molecule has 100 valence electrons. The molecule has 1 aliphatic carbocycles. The number of para-hydroxylation sites is 1. The SMILES string of the molecule is O=Cc1ccc2c(c1)c1ccccc1n2CC1CCC1. The Kier molecular flexibility index (Phi) is 2.62. The number of carbonyl (C=O) groups is 1. The van der Waals surface area contributed by atoms with Gasteiger partial charge in [0.05, 0.1) is 0 Å². The Bertz CT molecular complexity index is 796. The summed E-state index contributed by atoms with van der Waals surface area (Å²) >= 11 is 0. The van der Waals surface area contributed by atoms with E-state index < -0.39 is 0 Å². The second-order valence-corrected chi connectivity index (χ2v) is 5.82. The summed E-state index contributed by atoms with van der Waals surface area (Å²) in [6.07, 6.45) is 5.00. The van der Waals surface area contributed by atoms with E-state index >= 15 is 0 Å². The van der Waals surface area contributed by atoms with Crippen molar-refractivity contribution in [2.75, 3.05) is 0 Å². The Morgan fingerprint density at radius 2 is 1.85 bits per heavy atom. The first-order valence-corrected chi connectivity index (χ1v) is 7.33. The zero-order valence-electron chi connectivity index (χ0n) is 11.4. The zero-order valence-corrected chi connectivity index (χ0v) is 11.4. The Labute approximate surface area is 118 Å². The second kappa shape index (κ2) is 4.48. The zero-order chi connectivity index (χ0) is 13.5. The normalized spacial score (nSPS) is 15.6. The van der Waals surface area contributed by atoms with E-state index in [-0.39, 0.29) is 0 Å². The van der Waals surface area contributed by atoms with Crippen LogP contribution in [0.25, 0.3) is 21.8 Å². The highest BCUT2D eigenvalue weighted by Gasteiger charge is 2.20. The van der Waals surface area contributed by atoms with Crippen LogP contribution in [0.1, 0.15) is 29.6 Å². The molecular formula is C18H17NO. The molecule has 0 N–H and O–H groups in total. The number of aromatic nitrogens is 1. The smallest absolute Gasteiger partial charge is 0.150 e. The van der Waals surface area contributed by atoms with E-state index in [0.717, 1.165) is 24.3 Å². The van der Waals surface area contributed by atoms with E-state index in [0.29, 0.717) is 0 Å². The highest BCUT2D eigenvalue weighted by molar-refractivity contribution is 6.09. The van der Waals surface area contributed by atoms with Crippen molar-refractivity contribution in [3.63, 3.8) is 0 Å². The fraction of sp³-hybridized carbons (Fsp3) is 0.278. The van der Waals surface area contributed by atoms with Crippen molar-refractivity contribution in [2.45, 2.75) is 25.8 Å². The highest BCUT2D eigenvalue weighted by atomic mass is 16.1. The van der Waals surface area contributed by atoms with Gasteiger partial charge in [0.15, 0.2) is 0 Å². The number of fused-ring (bicyclic) bond motifs is 3. The highest BCUT2D eigenvalue weighted by Crippen LogP contribution is 2.34. The van der Waals surface area contributed by atoms with Crippen molar-refractivity contribution in [2.24, 2.45) is 5.92 Å². The number of aldehydes is 1. The lowest BCUT2D eigenvalue weighted by Gasteiger charge is -2.26. The van der Waals surface area contributed by atoms with Crippen LogP contribution in [0.5, 0.6) is 0 Å². The fourth-order valence-corrected chi connectivity index (χ4v) is 3.27. The first kappa shape index (κ1) is 11.7. The van der Waals surface area contributed by atoms with Crippen molar-refractivity contribution < 1.29 is 4.79 Å². The summed E-state index contributed by atoms with van der Waals surface area (Å²) in [6, 6.07) is 14.5. The first-order chi connectivity index (χ1) is 9.86. The van der Waals surface area contributed by atoms with Crippen LogP contribution in [-0.2, 0) is 6.54 Å². The van der Waals surface area contributed by atoms with Gasteiger partial charge in [-0.1, -0.05) is 24.6 Å². The molecule has 0 saturated heterocycles. The molecule has 0 atom stereocenters. The summed E-state index contributed by atoms with van der Waals surface area (Å²) in [5, 5.41) is 2.45. The van der Waals surface area contributed by atoms with Gasteiger partial charge in [-0.25, -0.2) is 0 Å². The third kappa shape index (κ3) is 1.68. The molecule has 0 bridgehead atoms. The lowest BCUT2D eigenvalue weighted by atomic mass is 9.85. The van der Waals surface area contributed by atoms with E-state index in [1.165, 1.54) is 41.1 Å². The fourth-order valence-electron chi connectivity index (χ4n) is 3.27. The molecule has 1 fully saturated rings. The van der Waals surface area contributed by atoms with E-state index in [9.17, 15) is 4.79 Å². The van der Waals surface area contributed by atoms with E-state index in [1.807, 2.05) is 12.1 Å². The first-order valence-electron chi connectivity index (χ1n) is 7.33. The number of hydrogen-bond donors (Lipinski definition) is 0. The molecule has 2 nitrogen and oxygen atoms in total. The largest absolute Gasteiger partial charge is 0.340 e. The molecule has 0 radical (unpaired) electrons. The summed E-state index contributed by atoms with van der Waals surface area (Å²) in [5.74, 6) is 0.819. The molecule has 0 unspecified atom stereocenters. The molecule has 1 saturated carbocycles. The molecule has 0 aliphatic heterocycles. The summed E-state index contributed by atoms with van der Waals surface area (Å²) in [7, 11) is 0. The quantitative estimate of drug-likeness (QED) is 0.642. The molecule has 2 aromatic carbocycles. The second-order valence-electron chi connectivity index (χ2n) is 5.82. The number of rotatable bonds is 3. The van der Waals surface area contributed by atoms with Crippen LogP contribution >= 0.6 is 0 Å². The van der Waals surface area contributed by atoms with Gasteiger partial charge in [0.2, 0.25) is 0 Å². The van der Waals surface area contributed by atoms with Crippen LogP contribution in [0.15, 0.2) is 42.5 Å². The Hall–Kier alpha value is -2.09. The molecule has 1 heterocycles. The Morgan fingerprint density at radius 1 is 1.05 bits per heavy atom. The van der Waals surface area contributed by atoms with Gasteiger partial charge >= 0.3 is 0 Å². The molecule has 20 heavy (non-hydrogen) atoms. The Balaban J connectivity index is 1.99. The minimum Gasteiger partial charge on any atom is -0.340 e. The standard InChI is InChI=1S/C18H17NO/c20-12-14-8-9-18-16(10-14)15-6-1-2-7-17(15)19(18)11-13-4-3-5-13/h1-2,6-10,12-13H,3-5,11H2. The van der Waals surface area contributed by atoms with Crippen LogP contribution in [0, 0.1) is 5.92 Å². The minimum atomic E-state index is 0.754. The minimum absolute atomic E-state index is 0.754. The average Bonchev–Trinajstić information content (AvgIpc) is 2.76. The lowest BCUT2D eigenvalue weighted by molar-refractivity contribution is 0.112. The molecule has 0 spiro atoms. The Morgan fingerprint density at radius 3 is 2.60 bits per heavy atom. The molecule has 0 amide bonds. The molecular weight excluding hydrogens is 246 g/mol. The lowest BCUT2D eigenvalue weighted by Crippen LogP contribution is -2.17. The number of hydrogen-bond acceptors (Lipinski definition) is 1. The van der Waals surface area contributed by atoms with Gasteiger partial charge in [-0.15, -0.1) is 0 Å². The topological polar surface area (TPSA) is 22.0 Å². The predicted octanol–water partition coefficient (Wildman–Crippen LogP) is 4.41. The van der Waals surface area contributed by atoms with Crippen molar-refractivity contribution in [3.05, 3.63) is 48.0 Å². The maximum atomic E-state index is 11.0. The predicted molar refractivity (Wildman–Crippen MR) is 82.2 cm³/mol. The monoisotopic (exact) mass is 263 g/mol. The van der Waals surface area contributed by atoms with Crippen LogP contribution in [0.3, 0.4) is 0 Å². The van der Waals surface area contributed by atoms with Gasteiger partial charge in [-0.3, -0.25) is 4.79 Å². The van der Waals surface area contributed by atoms with E-state index in [4.69, 9.17) is 0 Å². The van der Waals surface area contributed by atoms with Crippen LogP contribution in [0.2, 0.25) is 0 Å². The van der Waals surface area contributed by atoms with Gasteiger partial charge in [-0.05, 0) is 43.0 Å². The third-order valence-electron chi connectivity index (χ3n) is 4.60. The summed E-state index contributed by atoms with van der Waals surface area (Å²) < 4.78 is 2.43. The van der Waals surface area contributed by atoms with Crippen molar-refractivity contribution in [3.8, 4) is 0 Å². The van der Waals surface area contributed by atoms with E-state index in [1.54, 1.807) is 0 Å². The van der Waals surface area contributed by atoms with Crippen molar-refractivity contribution in [1.82, 2.24) is 4.57 Å². The van der Waals surface area contributed by atoms with Gasteiger partial charge in [0.25, 0.3) is 0 Å². The molecule has 1 aromatic heterocycles. The van der Waals surface area contributed by atoms with E-state index in [2.05, 4.69) is 34.9 Å². The molecule has 2 heteroatoms. The summed E-state index contributed by atoms with van der Waals surface area (Å²) in [5.41, 5.74) is 3.30. The number of benzene rings is 2.